The first-order chi connectivity index (χ1) is 29.8. The van der Waals surface area contributed by atoms with Gasteiger partial charge in [-0.3, -0.25) is 9.59 Å². The number of carbonyl (C=O) groups excluding carboxylic acids is 2. The smallest absolute Gasteiger partial charge is 0.239 e. The Balaban J connectivity index is 1.56. The van der Waals surface area contributed by atoms with Gasteiger partial charge in [-0.15, -0.1) is 6.58 Å². The zero-order chi connectivity index (χ0) is 43.4. The number of amides is 1. The molecule has 3 aliphatic rings. The highest BCUT2D eigenvalue weighted by Gasteiger charge is 2.65. The monoisotopic (exact) mass is 838 g/mol. The largest absolute Gasteiger partial charge is 0.497 e. The number of ether oxygens (including phenoxy) is 5. The molecule has 6 rings (SSSR count). The maximum absolute atomic E-state index is 14.8. The van der Waals surface area contributed by atoms with Gasteiger partial charge in [0.15, 0.2) is 6.29 Å². The fourth-order valence-electron chi connectivity index (χ4n) is 9.61. The molecule has 1 heterocycles. The molecule has 12 nitrogen and oxygen atoms in total. The predicted molar refractivity (Wildman–Crippen MR) is 234 cm³/mol. The number of fused-ring (bicyclic) bond motifs is 2. The molecule has 3 aromatic rings. The van der Waals surface area contributed by atoms with Crippen LogP contribution < -0.4 is 18.9 Å². The van der Waals surface area contributed by atoms with E-state index in [1.807, 2.05) is 54.3 Å². The van der Waals surface area contributed by atoms with Gasteiger partial charge in [-0.05, 0) is 111 Å². The van der Waals surface area contributed by atoms with E-state index in [4.69, 9.17) is 33.7 Å². The van der Waals surface area contributed by atoms with Gasteiger partial charge in [-0.1, -0.05) is 49.2 Å². The summed E-state index contributed by atoms with van der Waals surface area (Å²) in [6, 6.07) is 17.9. The Morgan fingerprint density at radius 1 is 0.967 bits per heavy atom. The summed E-state index contributed by atoms with van der Waals surface area (Å²) in [4.78, 5) is 34.5. The number of unbranched alkanes of at least 4 members (excludes halogenated alkanes) is 2. The van der Waals surface area contributed by atoms with Gasteiger partial charge in [0.1, 0.15) is 41.4 Å². The van der Waals surface area contributed by atoms with Gasteiger partial charge in [0, 0.05) is 37.7 Å². The average molecular weight is 839 g/mol. The lowest BCUT2D eigenvalue weighted by Gasteiger charge is -2.60. The van der Waals surface area contributed by atoms with Crippen LogP contribution >= 0.6 is 0 Å². The average Bonchev–Trinajstić information content (AvgIpc) is 3.28. The Morgan fingerprint density at radius 3 is 2.44 bits per heavy atom. The number of allylic oxidation sites excluding steroid dienone is 1. The lowest BCUT2D eigenvalue weighted by Crippen LogP contribution is -2.70. The van der Waals surface area contributed by atoms with E-state index in [1.165, 1.54) is 7.11 Å². The lowest BCUT2D eigenvalue weighted by atomic mass is 9.55. The SMILES string of the molecule is C=CCOC12Oc3ccc(Oc4ccc(OC)c(C=O)c4)cc3C3C(CCCCO)C(CCCCO)C=C(C(=NOCC)CC1N(CCC)C(=O)Cc1cccc(OC)c1)C32. The third-order valence-electron chi connectivity index (χ3n) is 12.2. The van der Waals surface area contributed by atoms with Crippen LogP contribution in [0.1, 0.15) is 92.6 Å². The predicted octanol–water partition coefficient (Wildman–Crippen LogP) is 8.44. The summed E-state index contributed by atoms with van der Waals surface area (Å²) in [6.45, 7) is 9.16. The Kier molecular flexibility index (Phi) is 16.0. The number of hydrogen-bond donors (Lipinski definition) is 2. The summed E-state index contributed by atoms with van der Waals surface area (Å²) in [5.74, 6) is 0.787. The zero-order valence-electron chi connectivity index (χ0n) is 36.1. The van der Waals surface area contributed by atoms with Gasteiger partial charge in [-0.25, -0.2) is 0 Å². The fourth-order valence-corrected chi connectivity index (χ4v) is 9.61. The first-order valence-corrected chi connectivity index (χ1v) is 21.7. The molecule has 3 aromatic carbocycles. The number of oxime groups is 1. The number of aliphatic hydroxyl groups is 2. The molecule has 2 N–H and O–H groups in total. The number of aldehydes is 1. The van der Waals surface area contributed by atoms with Crippen LogP contribution in [-0.4, -0.2) is 92.0 Å². The molecule has 1 fully saturated rings. The Labute approximate surface area is 360 Å². The number of aliphatic hydroxyl groups excluding tert-OH is 2. The second kappa shape index (κ2) is 21.6. The van der Waals surface area contributed by atoms with Crippen molar-refractivity contribution < 1.29 is 48.3 Å². The van der Waals surface area contributed by atoms with Crippen molar-refractivity contribution in [1.29, 1.82) is 0 Å². The van der Waals surface area contributed by atoms with Crippen LogP contribution in [0.25, 0.3) is 0 Å². The molecule has 61 heavy (non-hydrogen) atoms. The number of nitrogens with zero attached hydrogens (tertiary/aromatic N) is 2. The van der Waals surface area contributed by atoms with E-state index in [-0.39, 0.29) is 49.9 Å². The topological polar surface area (TPSA) is 146 Å². The van der Waals surface area contributed by atoms with Crippen LogP contribution in [0.3, 0.4) is 0 Å². The number of benzene rings is 3. The first-order valence-electron chi connectivity index (χ1n) is 21.7. The van der Waals surface area contributed by atoms with Crippen LogP contribution in [-0.2, 0) is 20.8 Å². The summed E-state index contributed by atoms with van der Waals surface area (Å²) in [7, 11) is 3.13. The lowest BCUT2D eigenvalue weighted by molar-refractivity contribution is -0.257. The molecule has 1 saturated carbocycles. The maximum Gasteiger partial charge on any atom is 0.239 e. The van der Waals surface area contributed by atoms with Gasteiger partial charge in [0.05, 0.1) is 44.4 Å². The van der Waals surface area contributed by atoms with Gasteiger partial charge >= 0.3 is 0 Å². The third kappa shape index (κ3) is 9.98. The van der Waals surface area contributed by atoms with Crippen LogP contribution in [0, 0.1) is 17.8 Å². The molecule has 0 aromatic heterocycles. The molecule has 0 spiro atoms. The molecule has 1 amide bonds. The minimum Gasteiger partial charge on any atom is -0.497 e. The minimum atomic E-state index is -1.37. The molecule has 0 bridgehead atoms. The highest BCUT2D eigenvalue weighted by atomic mass is 16.7. The Morgan fingerprint density at radius 2 is 1.74 bits per heavy atom. The van der Waals surface area contributed by atoms with Crippen molar-refractivity contribution in [2.45, 2.75) is 89.4 Å². The summed E-state index contributed by atoms with van der Waals surface area (Å²) in [6.07, 6.45) is 10.5. The summed E-state index contributed by atoms with van der Waals surface area (Å²) >= 11 is 0. The molecule has 0 saturated heterocycles. The summed E-state index contributed by atoms with van der Waals surface area (Å²) < 4.78 is 31.8. The van der Waals surface area contributed by atoms with Crippen molar-refractivity contribution in [2.24, 2.45) is 22.9 Å². The number of carbonyl (C=O) groups is 2. The van der Waals surface area contributed by atoms with Gasteiger partial charge in [0.25, 0.3) is 0 Å². The van der Waals surface area contributed by atoms with Crippen LogP contribution in [0.4, 0.5) is 0 Å². The molecule has 6 atom stereocenters. The normalized spacial score (nSPS) is 23.1. The van der Waals surface area contributed by atoms with Crippen molar-refractivity contribution >= 4 is 17.9 Å². The van der Waals surface area contributed by atoms with Crippen molar-refractivity contribution in [1.82, 2.24) is 4.90 Å². The van der Waals surface area contributed by atoms with E-state index in [1.54, 1.807) is 31.4 Å². The standard InChI is InChI=1S/C49H62N2O10/c1-6-22-51(46(55)27-33-14-13-16-36(26-33)56-4)45-31-42(50-59-8-3)40-29-34(15-9-11-23-52)39(17-10-12-24-53)47-41-30-38(60-37-18-20-43(57-5)35(28-37)32-54)19-21-44(41)61-49(45,48(40)47)58-25-7-2/h7,13-14,16,18-21,26,28-30,32,34,39,45,47-48,52-53H,2,6,8-12,15,17,22-25,27,31H2,1,3-5H3. The molecular formula is C49H62N2O10. The van der Waals surface area contributed by atoms with E-state index < -0.39 is 17.7 Å². The van der Waals surface area contributed by atoms with Gasteiger partial charge in [0.2, 0.25) is 11.7 Å². The molecule has 2 aliphatic carbocycles. The molecule has 328 valence electrons. The Hall–Kier alpha value is -5.17. The quantitative estimate of drug-likeness (QED) is 0.0413. The van der Waals surface area contributed by atoms with E-state index in [2.05, 4.69) is 19.6 Å². The fraction of sp³-hybridized carbons (Fsp3) is 0.490. The van der Waals surface area contributed by atoms with E-state index in [0.717, 1.165) is 54.4 Å². The number of methoxy groups -OCH3 is 2. The van der Waals surface area contributed by atoms with Crippen LogP contribution in [0.15, 0.2) is 90.1 Å². The Bertz CT molecular complexity index is 2030. The molecule has 1 aliphatic heterocycles. The summed E-state index contributed by atoms with van der Waals surface area (Å²) in [5.41, 5.74) is 3.84. The highest BCUT2D eigenvalue weighted by molar-refractivity contribution is 6.03. The highest BCUT2D eigenvalue weighted by Crippen LogP contribution is 2.62. The van der Waals surface area contributed by atoms with Crippen molar-refractivity contribution in [3.63, 3.8) is 0 Å². The van der Waals surface area contributed by atoms with Gasteiger partial charge < -0.3 is 43.6 Å². The van der Waals surface area contributed by atoms with Crippen molar-refractivity contribution in [3.05, 3.63) is 102 Å². The molecule has 6 unspecified atom stereocenters. The molecule has 12 heteroatoms. The van der Waals surface area contributed by atoms with E-state index >= 15 is 0 Å². The summed E-state index contributed by atoms with van der Waals surface area (Å²) in [5, 5.41) is 24.6. The van der Waals surface area contributed by atoms with E-state index in [0.29, 0.717) is 73.1 Å². The molecule has 0 radical (unpaired) electrons. The molecular weight excluding hydrogens is 777 g/mol. The van der Waals surface area contributed by atoms with Crippen molar-refractivity contribution in [2.75, 3.05) is 47.2 Å². The maximum atomic E-state index is 14.8. The van der Waals surface area contributed by atoms with Crippen LogP contribution in [0.2, 0.25) is 0 Å². The second-order valence-electron chi connectivity index (χ2n) is 15.9. The number of hydrogen-bond acceptors (Lipinski definition) is 11. The first kappa shape index (κ1) is 45.4. The minimum absolute atomic E-state index is 0.0467. The second-order valence-corrected chi connectivity index (χ2v) is 15.9. The number of rotatable bonds is 23. The third-order valence-corrected chi connectivity index (χ3v) is 12.2. The zero-order valence-corrected chi connectivity index (χ0v) is 36.1. The van der Waals surface area contributed by atoms with Crippen LogP contribution in [0.5, 0.6) is 28.7 Å². The van der Waals surface area contributed by atoms with Crippen molar-refractivity contribution in [3.8, 4) is 28.7 Å². The van der Waals surface area contributed by atoms with Gasteiger partial charge in [-0.2, -0.15) is 0 Å². The van der Waals surface area contributed by atoms with E-state index in [9.17, 15) is 19.8 Å².